The van der Waals surface area contributed by atoms with Crippen LogP contribution in [0.5, 0.6) is 0 Å². The Morgan fingerprint density at radius 3 is 2.70 bits per heavy atom. The molecule has 1 aliphatic heterocycles. The van der Waals surface area contributed by atoms with Crippen LogP contribution in [0.4, 0.5) is 0 Å². The lowest BCUT2D eigenvalue weighted by Gasteiger charge is -2.30. The van der Waals surface area contributed by atoms with Gasteiger partial charge in [0.2, 0.25) is 0 Å². The molecule has 1 aromatic carbocycles. The molecule has 10 heteroatoms. The lowest BCUT2D eigenvalue weighted by Crippen LogP contribution is -2.41. The molecule has 2 aromatic heterocycles. The summed E-state index contributed by atoms with van der Waals surface area (Å²) in [7, 11) is 0. The Bertz CT molecular complexity index is 1110. The summed E-state index contributed by atoms with van der Waals surface area (Å²) in [6.07, 6.45) is -1.80. The highest BCUT2D eigenvalue weighted by Gasteiger charge is 2.31. The molecule has 1 aliphatic rings. The fourth-order valence-corrected chi connectivity index (χ4v) is 4.14. The Hall–Kier alpha value is -2.53. The number of aromatic nitrogens is 5. The zero-order valence-electron chi connectivity index (χ0n) is 17.0. The second-order valence-corrected chi connectivity index (χ2v) is 8.57. The number of aryl methyl sites for hydroxylation is 1. The van der Waals surface area contributed by atoms with Crippen LogP contribution in [-0.2, 0) is 25.0 Å². The molecular weight excluding hydrogens is 390 g/mol. The van der Waals surface area contributed by atoms with Gasteiger partial charge in [0.05, 0.1) is 36.9 Å². The van der Waals surface area contributed by atoms with Gasteiger partial charge in [0.25, 0.3) is 0 Å². The van der Waals surface area contributed by atoms with Gasteiger partial charge in [0, 0.05) is 6.54 Å². The lowest BCUT2D eigenvalue weighted by molar-refractivity contribution is -0.0815. The monoisotopic (exact) mass is 417 g/mol. The molecule has 0 saturated heterocycles. The van der Waals surface area contributed by atoms with Crippen molar-refractivity contribution in [3.05, 3.63) is 46.1 Å². The van der Waals surface area contributed by atoms with E-state index in [2.05, 4.69) is 30.2 Å². The van der Waals surface area contributed by atoms with Gasteiger partial charge < -0.3 is 20.4 Å². The quantitative estimate of drug-likeness (QED) is 0.395. The number of benzene rings is 1. The van der Waals surface area contributed by atoms with Crippen molar-refractivity contribution in [2.45, 2.75) is 63.6 Å². The minimum Gasteiger partial charge on any atom is -0.394 e. The largest absolute Gasteiger partial charge is 0.394 e. The molecule has 3 heterocycles. The van der Waals surface area contributed by atoms with Crippen LogP contribution in [0.2, 0.25) is 0 Å². The highest BCUT2D eigenvalue weighted by atomic mass is 16.4. The molecule has 0 saturated carbocycles. The van der Waals surface area contributed by atoms with Gasteiger partial charge in [-0.25, -0.2) is 9.48 Å². The summed E-state index contributed by atoms with van der Waals surface area (Å²) in [4.78, 5) is 13.0. The fraction of sp³-hybridized carbons (Fsp3) is 0.550. The molecule has 0 unspecified atom stereocenters. The summed E-state index contributed by atoms with van der Waals surface area (Å²) in [5.41, 5.74) is 3.40. The Labute approximate surface area is 172 Å². The van der Waals surface area contributed by atoms with Gasteiger partial charge in [0.1, 0.15) is 24.0 Å². The fourth-order valence-electron chi connectivity index (χ4n) is 4.14. The van der Waals surface area contributed by atoms with Gasteiger partial charge in [0.15, 0.2) is 0 Å². The normalized spacial score (nSPS) is 18.5. The van der Waals surface area contributed by atoms with Crippen LogP contribution in [0.1, 0.15) is 31.5 Å². The van der Waals surface area contributed by atoms with Crippen molar-refractivity contribution >= 4 is 11.0 Å². The number of aliphatic hydroxyl groups is 4. The highest BCUT2D eigenvalue weighted by molar-refractivity contribution is 5.81. The van der Waals surface area contributed by atoms with Crippen LogP contribution in [0, 0.1) is 0 Å². The van der Waals surface area contributed by atoms with E-state index in [4.69, 9.17) is 5.11 Å². The summed E-state index contributed by atoms with van der Waals surface area (Å²) in [6.45, 7) is 4.49. The zero-order valence-corrected chi connectivity index (χ0v) is 17.0. The van der Waals surface area contributed by atoms with Crippen molar-refractivity contribution < 1.29 is 20.4 Å². The summed E-state index contributed by atoms with van der Waals surface area (Å²) < 4.78 is 4.83. The van der Waals surface area contributed by atoms with E-state index in [0.29, 0.717) is 12.2 Å². The second-order valence-electron chi connectivity index (χ2n) is 8.57. The number of hydrogen-bond acceptors (Lipinski definition) is 7. The number of para-hydroxylation sites is 1. The maximum Gasteiger partial charge on any atom is 0.329 e. The smallest absolute Gasteiger partial charge is 0.329 e. The van der Waals surface area contributed by atoms with Crippen molar-refractivity contribution in [3.8, 4) is 0 Å². The number of hydrogen-bond donors (Lipinski definition) is 4. The first kappa shape index (κ1) is 20.7. The van der Waals surface area contributed by atoms with Gasteiger partial charge in [-0.05, 0) is 23.5 Å². The van der Waals surface area contributed by atoms with E-state index < -0.39 is 24.9 Å². The van der Waals surface area contributed by atoms with E-state index in [1.165, 1.54) is 4.68 Å². The molecule has 30 heavy (non-hydrogen) atoms. The summed E-state index contributed by atoms with van der Waals surface area (Å²) in [5.74, 6) is 0. The Balaban J connectivity index is 1.61. The topological polar surface area (TPSA) is 139 Å². The average molecular weight is 417 g/mol. The molecule has 0 fully saturated rings. The predicted octanol–water partition coefficient (Wildman–Crippen LogP) is -0.801. The third-order valence-corrected chi connectivity index (χ3v) is 5.98. The van der Waals surface area contributed by atoms with E-state index in [-0.39, 0.29) is 24.2 Å². The molecule has 4 rings (SSSR count). The van der Waals surface area contributed by atoms with E-state index in [1.54, 1.807) is 10.8 Å². The van der Waals surface area contributed by atoms with Gasteiger partial charge in [-0.1, -0.05) is 31.2 Å². The number of nitrogens with zero attached hydrogens (tertiary/aromatic N) is 5. The van der Waals surface area contributed by atoms with Crippen LogP contribution < -0.4 is 5.69 Å². The van der Waals surface area contributed by atoms with Gasteiger partial charge in [-0.15, -0.1) is 5.10 Å². The third-order valence-electron chi connectivity index (χ3n) is 5.98. The minimum atomic E-state index is -1.51. The molecule has 0 aliphatic carbocycles. The van der Waals surface area contributed by atoms with Gasteiger partial charge in [-0.2, -0.15) is 0 Å². The predicted molar refractivity (Wildman–Crippen MR) is 108 cm³/mol. The zero-order chi connectivity index (χ0) is 21.6. The summed E-state index contributed by atoms with van der Waals surface area (Å²) >= 11 is 0. The van der Waals surface area contributed by atoms with Crippen LogP contribution in [0.15, 0.2) is 29.2 Å². The average Bonchev–Trinajstić information content (AvgIpc) is 3.27. The van der Waals surface area contributed by atoms with Gasteiger partial charge in [-0.3, -0.25) is 9.13 Å². The second kappa shape index (κ2) is 7.62. The maximum atomic E-state index is 13.0. The molecule has 4 N–H and O–H groups in total. The van der Waals surface area contributed by atoms with Crippen LogP contribution in [-0.4, -0.2) is 69.5 Å². The molecule has 162 valence electrons. The van der Waals surface area contributed by atoms with Gasteiger partial charge >= 0.3 is 5.69 Å². The number of rotatable bonds is 7. The van der Waals surface area contributed by atoms with Crippen molar-refractivity contribution in [1.29, 1.82) is 0 Å². The molecule has 10 nitrogen and oxygen atoms in total. The maximum absolute atomic E-state index is 13.0. The molecule has 0 radical (unpaired) electrons. The van der Waals surface area contributed by atoms with Crippen molar-refractivity contribution in [2.75, 3.05) is 6.61 Å². The van der Waals surface area contributed by atoms with Crippen molar-refractivity contribution in [3.63, 3.8) is 0 Å². The number of imidazole rings is 1. The lowest BCUT2D eigenvalue weighted by atomic mass is 9.79. The molecule has 0 amide bonds. The first-order valence-electron chi connectivity index (χ1n) is 9.99. The Morgan fingerprint density at radius 2 is 1.97 bits per heavy atom. The summed E-state index contributed by atoms with van der Waals surface area (Å²) in [6, 6.07) is 5.97. The molecule has 3 atom stereocenters. The van der Waals surface area contributed by atoms with Crippen LogP contribution in [0.3, 0.4) is 0 Å². The van der Waals surface area contributed by atoms with E-state index in [1.807, 2.05) is 16.7 Å². The van der Waals surface area contributed by atoms with E-state index >= 15 is 0 Å². The van der Waals surface area contributed by atoms with Crippen molar-refractivity contribution in [1.82, 2.24) is 24.1 Å². The van der Waals surface area contributed by atoms with E-state index in [9.17, 15) is 20.1 Å². The molecule has 3 aromatic rings. The molecule has 0 bridgehead atoms. The highest BCUT2D eigenvalue weighted by Crippen LogP contribution is 2.36. The summed E-state index contributed by atoms with van der Waals surface area (Å²) in [5, 5.41) is 46.1. The molecule has 0 spiro atoms. The van der Waals surface area contributed by atoms with Crippen LogP contribution >= 0.6 is 0 Å². The SMILES string of the molecule is CC1(C)CCn2c(=O)n(Cc3cn(C[C@H](O)[C@H](O)[C@H](O)CO)nn3)c3cccc1c32. The first-order chi connectivity index (χ1) is 14.2. The number of aliphatic hydroxyl groups excluding tert-OH is 4. The third kappa shape index (κ3) is 3.45. The first-order valence-corrected chi connectivity index (χ1v) is 9.99. The van der Waals surface area contributed by atoms with E-state index in [0.717, 1.165) is 23.0 Å². The minimum absolute atomic E-state index is 0.00260. The van der Waals surface area contributed by atoms with Crippen molar-refractivity contribution in [2.24, 2.45) is 0 Å². The van der Waals surface area contributed by atoms with Crippen LogP contribution in [0.25, 0.3) is 11.0 Å². The Kier molecular flexibility index (Phi) is 5.27. The Morgan fingerprint density at radius 1 is 1.20 bits per heavy atom. The molecular formula is C20H27N5O5. The standard InChI is InChI=1S/C20H27N5O5/c1-20(2)6-7-24-17-13(20)4-3-5-14(17)25(19(24)30)9-12-8-23(22-21-12)10-15(27)18(29)16(28)11-26/h3-5,8,15-16,18,26-29H,6-7,9-11H2,1-2H3/t15-,16+,18-/m0/s1.